The van der Waals surface area contributed by atoms with Gasteiger partial charge in [0.2, 0.25) is 0 Å². The van der Waals surface area contributed by atoms with Crippen molar-refractivity contribution in [1.29, 1.82) is 0 Å². The average molecular weight is 352 g/mol. The zero-order valence-corrected chi connectivity index (χ0v) is 13.6. The highest BCUT2D eigenvalue weighted by atomic mass is 19.4. The van der Waals surface area contributed by atoms with E-state index >= 15 is 0 Å². The van der Waals surface area contributed by atoms with Gasteiger partial charge in [0.15, 0.2) is 0 Å². The summed E-state index contributed by atoms with van der Waals surface area (Å²) in [6.45, 7) is 1.88. The largest absolute Gasteiger partial charge is 0.416 e. The predicted molar refractivity (Wildman–Crippen MR) is 88.4 cm³/mol. The van der Waals surface area contributed by atoms with Crippen LogP contribution in [0.5, 0.6) is 0 Å². The molecule has 1 aliphatic heterocycles. The topological polar surface area (TPSA) is 29.3 Å². The molecule has 0 aliphatic carbocycles. The fourth-order valence-electron chi connectivity index (χ4n) is 3.60. The maximum absolute atomic E-state index is 13.3. The summed E-state index contributed by atoms with van der Waals surface area (Å²) < 4.78 is 52.8. The van der Waals surface area contributed by atoms with Crippen LogP contribution < -0.4 is 5.73 Å². The van der Waals surface area contributed by atoms with Crippen LogP contribution in [0.15, 0.2) is 48.5 Å². The summed E-state index contributed by atoms with van der Waals surface area (Å²) in [6, 6.07) is 12.8. The molecule has 1 fully saturated rings. The summed E-state index contributed by atoms with van der Waals surface area (Å²) in [5, 5.41) is 0. The summed E-state index contributed by atoms with van der Waals surface area (Å²) in [6.07, 6.45) is -4.57. The molecule has 0 spiro atoms. The first-order valence-electron chi connectivity index (χ1n) is 8.21. The van der Waals surface area contributed by atoms with Crippen LogP contribution in [0, 0.1) is 11.7 Å². The number of nitrogens with two attached hydrogens (primary N) is 1. The van der Waals surface area contributed by atoms with Crippen LogP contribution in [0.3, 0.4) is 0 Å². The standard InChI is InChI=1S/C19H20F4N2/c20-16-7-6-14(18(8-16)19(21,22)23)10-25-11-15(9-24)17(12-25)13-4-2-1-3-5-13/h1-8,15,17H,9-12,24H2/t15-,17+/m1/s1. The molecule has 1 saturated heterocycles. The van der Waals surface area contributed by atoms with Gasteiger partial charge >= 0.3 is 6.18 Å². The molecule has 0 saturated carbocycles. The maximum Gasteiger partial charge on any atom is 0.416 e. The van der Waals surface area contributed by atoms with Gasteiger partial charge in [-0.15, -0.1) is 0 Å². The quantitative estimate of drug-likeness (QED) is 0.842. The molecule has 3 rings (SSSR count). The highest BCUT2D eigenvalue weighted by Gasteiger charge is 2.36. The number of alkyl halides is 3. The number of benzene rings is 2. The van der Waals surface area contributed by atoms with Crippen LogP contribution in [0.4, 0.5) is 17.6 Å². The van der Waals surface area contributed by atoms with Crippen LogP contribution >= 0.6 is 0 Å². The normalized spacial score (nSPS) is 21.6. The van der Waals surface area contributed by atoms with Gasteiger partial charge < -0.3 is 5.73 Å². The lowest BCUT2D eigenvalue weighted by Gasteiger charge is -2.19. The van der Waals surface area contributed by atoms with Crippen molar-refractivity contribution < 1.29 is 17.6 Å². The number of halogens is 4. The molecule has 2 atom stereocenters. The van der Waals surface area contributed by atoms with Gasteiger partial charge in [-0.2, -0.15) is 13.2 Å². The van der Waals surface area contributed by atoms with Crippen LogP contribution in [-0.2, 0) is 12.7 Å². The molecular formula is C19H20F4N2. The molecule has 1 aliphatic rings. The molecule has 6 heteroatoms. The SMILES string of the molecule is NC[C@@H]1CN(Cc2ccc(F)cc2C(F)(F)F)C[C@H]1c1ccccc1. The Morgan fingerprint density at radius 2 is 1.76 bits per heavy atom. The Morgan fingerprint density at radius 3 is 2.40 bits per heavy atom. The van der Waals surface area contributed by atoms with Crippen molar-refractivity contribution in [2.24, 2.45) is 11.7 Å². The molecule has 0 aromatic heterocycles. The minimum Gasteiger partial charge on any atom is -0.330 e. The van der Waals surface area contributed by atoms with E-state index in [1.54, 1.807) is 0 Å². The summed E-state index contributed by atoms with van der Waals surface area (Å²) >= 11 is 0. The van der Waals surface area contributed by atoms with Gasteiger partial charge in [-0.3, -0.25) is 4.90 Å². The van der Waals surface area contributed by atoms with E-state index in [-0.39, 0.29) is 23.9 Å². The van der Waals surface area contributed by atoms with Gasteiger partial charge in [-0.05, 0) is 35.7 Å². The van der Waals surface area contributed by atoms with E-state index in [0.29, 0.717) is 25.7 Å². The van der Waals surface area contributed by atoms with Crippen LogP contribution in [0.25, 0.3) is 0 Å². The highest BCUT2D eigenvalue weighted by molar-refractivity contribution is 5.31. The van der Waals surface area contributed by atoms with Gasteiger partial charge in [0.05, 0.1) is 5.56 Å². The third-order valence-electron chi connectivity index (χ3n) is 4.82. The first-order valence-corrected chi connectivity index (χ1v) is 8.21. The number of likely N-dealkylation sites (tertiary alicyclic amines) is 1. The number of hydrogen-bond donors (Lipinski definition) is 1. The number of hydrogen-bond acceptors (Lipinski definition) is 2. The van der Waals surface area contributed by atoms with E-state index < -0.39 is 17.6 Å². The zero-order valence-electron chi connectivity index (χ0n) is 13.6. The summed E-state index contributed by atoms with van der Waals surface area (Å²) in [5.74, 6) is -0.488. The number of nitrogens with zero attached hydrogens (tertiary/aromatic N) is 1. The minimum atomic E-state index is -4.57. The van der Waals surface area contributed by atoms with E-state index in [1.165, 1.54) is 6.07 Å². The molecule has 134 valence electrons. The second-order valence-electron chi connectivity index (χ2n) is 6.51. The summed E-state index contributed by atoms with van der Waals surface area (Å²) in [5.41, 5.74) is 6.22. The van der Waals surface area contributed by atoms with E-state index in [2.05, 4.69) is 0 Å². The summed E-state index contributed by atoms with van der Waals surface area (Å²) in [4.78, 5) is 1.97. The lowest BCUT2D eigenvalue weighted by Crippen LogP contribution is -2.24. The van der Waals surface area contributed by atoms with E-state index in [1.807, 2.05) is 35.2 Å². The van der Waals surface area contributed by atoms with Crippen molar-refractivity contribution >= 4 is 0 Å². The second kappa shape index (κ2) is 7.14. The fourth-order valence-corrected chi connectivity index (χ4v) is 3.60. The van der Waals surface area contributed by atoms with Gasteiger partial charge in [0, 0.05) is 25.6 Å². The average Bonchev–Trinajstić information content (AvgIpc) is 2.99. The Balaban J connectivity index is 1.81. The van der Waals surface area contributed by atoms with Crippen LogP contribution in [0.1, 0.15) is 22.6 Å². The van der Waals surface area contributed by atoms with Crippen LogP contribution in [-0.4, -0.2) is 24.5 Å². The van der Waals surface area contributed by atoms with Crippen molar-refractivity contribution in [2.75, 3.05) is 19.6 Å². The van der Waals surface area contributed by atoms with Crippen molar-refractivity contribution in [1.82, 2.24) is 4.90 Å². The lowest BCUT2D eigenvalue weighted by atomic mass is 9.89. The van der Waals surface area contributed by atoms with Crippen molar-refractivity contribution in [2.45, 2.75) is 18.6 Å². The van der Waals surface area contributed by atoms with E-state index in [0.717, 1.165) is 11.6 Å². The number of rotatable bonds is 4. The maximum atomic E-state index is 13.3. The predicted octanol–water partition coefficient (Wildman–Crippen LogP) is 4.02. The van der Waals surface area contributed by atoms with Gasteiger partial charge in [0.1, 0.15) is 5.82 Å². The van der Waals surface area contributed by atoms with Crippen molar-refractivity contribution in [3.8, 4) is 0 Å². The fraction of sp³-hybridized carbons (Fsp3) is 0.368. The second-order valence-corrected chi connectivity index (χ2v) is 6.51. The molecule has 0 radical (unpaired) electrons. The Bertz CT molecular complexity index is 715. The Labute approximate surface area is 144 Å². The third-order valence-corrected chi connectivity index (χ3v) is 4.82. The monoisotopic (exact) mass is 352 g/mol. The van der Waals surface area contributed by atoms with E-state index in [9.17, 15) is 17.6 Å². The molecule has 2 aromatic rings. The van der Waals surface area contributed by atoms with Crippen molar-refractivity contribution in [3.63, 3.8) is 0 Å². The minimum absolute atomic E-state index is 0.0957. The molecule has 0 amide bonds. The Kier molecular flexibility index (Phi) is 5.11. The first-order chi connectivity index (χ1) is 11.9. The summed E-state index contributed by atoms with van der Waals surface area (Å²) in [7, 11) is 0. The van der Waals surface area contributed by atoms with Crippen molar-refractivity contribution in [3.05, 3.63) is 71.0 Å². The van der Waals surface area contributed by atoms with Gasteiger partial charge in [-0.1, -0.05) is 36.4 Å². The molecule has 2 N–H and O–H groups in total. The zero-order chi connectivity index (χ0) is 18.0. The molecule has 1 heterocycles. The molecule has 2 nitrogen and oxygen atoms in total. The lowest BCUT2D eigenvalue weighted by molar-refractivity contribution is -0.138. The highest BCUT2D eigenvalue weighted by Crippen LogP contribution is 2.36. The molecule has 2 aromatic carbocycles. The van der Waals surface area contributed by atoms with Gasteiger partial charge in [0.25, 0.3) is 0 Å². The third kappa shape index (κ3) is 4.02. The smallest absolute Gasteiger partial charge is 0.330 e. The van der Waals surface area contributed by atoms with Crippen LogP contribution in [0.2, 0.25) is 0 Å². The molecule has 0 unspecified atom stereocenters. The molecule has 0 bridgehead atoms. The molecular weight excluding hydrogens is 332 g/mol. The van der Waals surface area contributed by atoms with Gasteiger partial charge in [-0.25, -0.2) is 4.39 Å². The molecule has 25 heavy (non-hydrogen) atoms. The Hall–Kier alpha value is -1.92. The Morgan fingerprint density at radius 1 is 1.04 bits per heavy atom. The van der Waals surface area contributed by atoms with E-state index in [4.69, 9.17) is 5.73 Å². The first kappa shape index (κ1) is 17.9.